The van der Waals surface area contributed by atoms with Crippen molar-refractivity contribution >= 4 is 23.9 Å². The van der Waals surface area contributed by atoms with Crippen LogP contribution in [-0.4, -0.2) is 45.7 Å². The molecule has 2 unspecified atom stereocenters. The summed E-state index contributed by atoms with van der Waals surface area (Å²) < 4.78 is 7.57. The molecule has 4 atom stereocenters. The van der Waals surface area contributed by atoms with E-state index in [9.17, 15) is 14.4 Å². The molecule has 9 heteroatoms. The Hall–Kier alpha value is -2.84. The summed E-state index contributed by atoms with van der Waals surface area (Å²) in [6.45, 7) is 9.74. The van der Waals surface area contributed by atoms with Gasteiger partial charge in [-0.3, -0.25) is 14.4 Å². The van der Waals surface area contributed by atoms with Crippen LogP contribution in [0.3, 0.4) is 0 Å². The number of aromatic nitrogens is 2. The molecule has 0 aliphatic heterocycles. The number of primary amides is 1. The molecule has 2 saturated carbocycles. The van der Waals surface area contributed by atoms with Crippen molar-refractivity contribution in [3.63, 3.8) is 0 Å². The molecule has 0 saturated heterocycles. The van der Waals surface area contributed by atoms with Crippen molar-refractivity contribution in [1.82, 2.24) is 20.4 Å². The van der Waals surface area contributed by atoms with Crippen molar-refractivity contribution < 1.29 is 19.1 Å². The maximum Gasteiger partial charge on any atom is 0.258 e. The molecular formula is C26H41N5O4. The van der Waals surface area contributed by atoms with Gasteiger partial charge >= 0.3 is 0 Å². The number of nitrogens with two attached hydrogens (primary N) is 1. The van der Waals surface area contributed by atoms with Crippen LogP contribution in [0.1, 0.15) is 83.5 Å². The van der Waals surface area contributed by atoms with Crippen LogP contribution in [0.15, 0.2) is 12.3 Å². The van der Waals surface area contributed by atoms with Gasteiger partial charge in [-0.05, 0) is 69.8 Å². The minimum absolute atomic E-state index is 0.0103. The molecule has 3 amide bonds. The summed E-state index contributed by atoms with van der Waals surface area (Å²) in [5.74, 6) is 0.518. The van der Waals surface area contributed by atoms with Gasteiger partial charge in [-0.25, -0.2) is 4.68 Å². The van der Waals surface area contributed by atoms with E-state index in [1.165, 1.54) is 17.8 Å². The molecule has 0 radical (unpaired) electrons. The lowest BCUT2D eigenvalue weighted by Gasteiger charge is -2.37. The van der Waals surface area contributed by atoms with E-state index in [4.69, 9.17) is 10.5 Å². The number of rotatable bonds is 9. The zero-order valence-electron chi connectivity index (χ0n) is 21.7. The lowest BCUT2D eigenvalue weighted by molar-refractivity contribution is -0.122. The van der Waals surface area contributed by atoms with E-state index in [-0.39, 0.29) is 41.5 Å². The molecule has 1 heterocycles. The largest absolute Gasteiger partial charge is 0.477 e. The summed E-state index contributed by atoms with van der Waals surface area (Å²) >= 11 is 0. The molecule has 3 rings (SSSR count). The number of fused-ring (bicyclic) bond motifs is 2. The van der Waals surface area contributed by atoms with Gasteiger partial charge in [0.25, 0.3) is 5.91 Å². The lowest BCUT2D eigenvalue weighted by atomic mass is 9.75. The Labute approximate surface area is 208 Å². The lowest BCUT2D eigenvalue weighted by Crippen LogP contribution is -2.47. The zero-order valence-corrected chi connectivity index (χ0v) is 21.7. The highest BCUT2D eigenvalue weighted by Gasteiger charge is 2.40. The van der Waals surface area contributed by atoms with Gasteiger partial charge < -0.3 is 21.1 Å². The van der Waals surface area contributed by atoms with Crippen molar-refractivity contribution in [2.45, 2.75) is 84.7 Å². The Morgan fingerprint density at radius 1 is 1.23 bits per heavy atom. The Morgan fingerprint density at radius 2 is 1.94 bits per heavy atom. The minimum atomic E-state index is -0.593. The quantitative estimate of drug-likeness (QED) is 0.493. The molecule has 2 aliphatic carbocycles. The summed E-state index contributed by atoms with van der Waals surface area (Å²) in [4.78, 5) is 36.9. The van der Waals surface area contributed by atoms with Crippen LogP contribution < -0.4 is 21.1 Å². The van der Waals surface area contributed by atoms with Gasteiger partial charge in [-0.1, -0.05) is 20.3 Å². The average molecular weight is 488 g/mol. The fraction of sp³-hybridized carbons (Fsp3) is 0.692. The zero-order chi connectivity index (χ0) is 25.8. The first-order chi connectivity index (χ1) is 16.5. The van der Waals surface area contributed by atoms with E-state index in [0.717, 1.165) is 38.5 Å². The number of hydrogen-bond acceptors (Lipinski definition) is 5. The molecule has 0 aromatic carbocycles. The van der Waals surface area contributed by atoms with Crippen molar-refractivity contribution in [2.75, 3.05) is 6.61 Å². The van der Waals surface area contributed by atoms with Crippen molar-refractivity contribution in [2.24, 2.45) is 29.4 Å². The van der Waals surface area contributed by atoms with Crippen LogP contribution in [0.5, 0.6) is 5.88 Å². The highest BCUT2D eigenvalue weighted by molar-refractivity contribution is 5.96. The van der Waals surface area contributed by atoms with E-state index in [0.29, 0.717) is 24.0 Å². The van der Waals surface area contributed by atoms with E-state index >= 15 is 0 Å². The summed E-state index contributed by atoms with van der Waals surface area (Å²) in [5, 5.41) is 10.5. The van der Waals surface area contributed by atoms with Crippen molar-refractivity contribution in [3.05, 3.63) is 17.8 Å². The maximum absolute atomic E-state index is 13.5. The predicted molar refractivity (Wildman–Crippen MR) is 134 cm³/mol. The first-order valence-electron chi connectivity index (χ1n) is 12.8. The van der Waals surface area contributed by atoms with Gasteiger partial charge in [0.15, 0.2) is 0 Å². The number of nitrogens with zero attached hydrogens (tertiary/aromatic N) is 2. The van der Waals surface area contributed by atoms with Gasteiger partial charge in [0.2, 0.25) is 17.7 Å². The number of carbonyl (C=O) groups excluding carboxylic acids is 3. The monoisotopic (exact) mass is 487 g/mol. The Bertz CT molecular complexity index is 952. The summed E-state index contributed by atoms with van der Waals surface area (Å²) in [6.07, 6.45) is 10.6. The van der Waals surface area contributed by atoms with Crippen molar-refractivity contribution in [3.8, 4) is 5.88 Å². The first-order valence-corrected chi connectivity index (χ1v) is 12.8. The van der Waals surface area contributed by atoms with E-state index < -0.39 is 5.54 Å². The summed E-state index contributed by atoms with van der Waals surface area (Å²) in [6, 6.07) is 0.0103. The van der Waals surface area contributed by atoms with Crippen LogP contribution in [0.25, 0.3) is 6.20 Å². The van der Waals surface area contributed by atoms with Gasteiger partial charge in [0, 0.05) is 25.1 Å². The molecule has 0 spiro atoms. The highest BCUT2D eigenvalue weighted by atomic mass is 16.5. The third-order valence-corrected chi connectivity index (χ3v) is 7.02. The van der Waals surface area contributed by atoms with Gasteiger partial charge in [-0.2, -0.15) is 5.10 Å². The number of amides is 3. The van der Waals surface area contributed by atoms with Gasteiger partial charge in [-0.15, -0.1) is 0 Å². The minimum Gasteiger partial charge on any atom is -0.477 e. The van der Waals surface area contributed by atoms with Crippen LogP contribution in [0, 0.1) is 23.7 Å². The molecule has 2 aliphatic rings. The molecule has 9 nitrogen and oxygen atoms in total. The second-order valence-electron chi connectivity index (χ2n) is 11.1. The number of carbonyl (C=O) groups is 3. The SMILES string of the molecule is CC(=O)NC(C)(C)/C=C/n1ncc(C(=O)N[C@@H]2C3CCCC2C[C@H](C(N)=O)CC3)c1OCC(C)C. The second kappa shape index (κ2) is 11.3. The second-order valence-corrected chi connectivity index (χ2v) is 11.1. The van der Waals surface area contributed by atoms with E-state index in [1.54, 1.807) is 6.20 Å². The molecule has 194 valence electrons. The summed E-state index contributed by atoms with van der Waals surface area (Å²) in [7, 11) is 0. The highest BCUT2D eigenvalue weighted by Crippen LogP contribution is 2.41. The van der Waals surface area contributed by atoms with Crippen LogP contribution >= 0.6 is 0 Å². The smallest absolute Gasteiger partial charge is 0.258 e. The summed E-state index contributed by atoms with van der Waals surface area (Å²) in [5.41, 5.74) is 5.42. The van der Waals surface area contributed by atoms with E-state index in [1.807, 2.05) is 33.8 Å². The van der Waals surface area contributed by atoms with E-state index in [2.05, 4.69) is 15.7 Å². The normalized spacial score (nSPS) is 24.7. The molecule has 2 bridgehead atoms. The standard InChI is InChI=1S/C26H41N5O4/c1-16(2)15-35-25-21(14-28-31(25)12-11-26(4,5)30-17(3)32)24(34)29-22-18-7-6-8-19(22)13-20(10-9-18)23(27)33/h11-12,14,16,18-20,22H,6-10,13,15H2,1-5H3,(H2,27,33)(H,29,34)(H,30,32)/b12-11+/t18?,19?,20-,22-/m1/s1. The van der Waals surface area contributed by atoms with Crippen LogP contribution in [-0.2, 0) is 9.59 Å². The molecule has 4 N–H and O–H groups in total. The number of nitrogens with one attached hydrogen (secondary N) is 2. The third kappa shape index (κ3) is 7.08. The average Bonchev–Trinajstić information content (AvgIpc) is 3.13. The van der Waals surface area contributed by atoms with Crippen LogP contribution in [0.2, 0.25) is 0 Å². The molecule has 1 aromatic heterocycles. The molecule has 1 aromatic rings. The first kappa shape index (κ1) is 26.8. The molecule has 2 fully saturated rings. The van der Waals surface area contributed by atoms with Gasteiger partial charge in [0.05, 0.1) is 18.3 Å². The Kier molecular flexibility index (Phi) is 8.61. The van der Waals surface area contributed by atoms with Gasteiger partial charge in [0.1, 0.15) is 5.56 Å². The third-order valence-electron chi connectivity index (χ3n) is 7.02. The maximum atomic E-state index is 13.5. The fourth-order valence-corrected chi connectivity index (χ4v) is 5.35. The Balaban J connectivity index is 1.83. The van der Waals surface area contributed by atoms with Crippen molar-refractivity contribution in [1.29, 1.82) is 0 Å². The fourth-order valence-electron chi connectivity index (χ4n) is 5.35. The number of hydrogen-bond donors (Lipinski definition) is 3. The number of ether oxygens (including phenoxy) is 1. The topological polar surface area (TPSA) is 128 Å². The van der Waals surface area contributed by atoms with Crippen LogP contribution in [0.4, 0.5) is 0 Å². The molecule has 35 heavy (non-hydrogen) atoms. The predicted octanol–water partition coefficient (Wildman–Crippen LogP) is 3.10. The Morgan fingerprint density at radius 3 is 2.60 bits per heavy atom. The molecular weight excluding hydrogens is 446 g/mol.